The number of benzene rings is 2. The first-order valence-corrected chi connectivity index (χ1v) is 6.45. The van der Waals surface area contributed by atoms with E-state index in [0.717, 1.165) is 4.47 Å². The summed E-state index contributed by atoms with van der Waals surface area (Å²) in [5, 5.41) is 2.83. The van der Waals surface area contributed by atoms with Gasteiger partial charge in [0, 0.05) is 11.0 Å². The van der Waals surface area contributed by atoms with E-state index in [1.165, 1.54) is 12.1 Å². The molecule has 0 atom stereocenters. The molecule has 0 amide bonds. The zero-order valence-electron chi connectivity index (χ0n) is 10.2. The summed E-state index contributed by atoms with van der Waals surface area (Å²) in [6, 6.07) is 9.25. The first-order valence-electron chi connectivity index (χ1n) is 5.66. The Hall–Kier alpha value is -1.46. The summed E-state index contributed by atoms with van der Waals surface area (Å²) < 4.78 is 33.7. The normalized spacial score (nSPS) is 10.5. The van der Waals surface area contributed by atoms with Gasteiger partial charge < -0.3 is 10.1 Å². The van der Waals surface area contributed by atoms with Gasteiger partial charge in [-0.15, -0.1) is 0 Å². The highest BCUT2D eigenvalue weighted by molar-refractivity contribution is 9.10. The highest BCUT2D eigenvalue weighted by atomic mass is 79.9. The second-order valence-corrected chi connectivity index (χ2v) is 4.89. The van der Waals surface area contributed by atoms with E-state index in [2.05, 4.69) is 21.2 Å². The fraction of sp³-hybridized carbons (Fsp3) is 0.143. The molecule has 0 spiro atoms. The molecule has 2 aromatic rings. The van der Waals surface area contributed by atoms with Crippen LogP contribution in [-0.2, 0) is 6.54 Å². The van der Waals surface area contributed by atoms with Crippen molar-refractivity contribution >= 4 is 15.9 Å². The molecule has 0 aromatic heterocycles. The topological polar surface area (TPSA) is 21.3 Å². The Morgan fingerprint density at radius 1 is 1.11 bits per heavy atom. The quantitative estimate of drug-likeness (QED) is 0.906. The molecule has 5 heteroatoms. The Morgan fingerprint density at radius 2 is 1.68 bits per heavy atom. The molecule has 0 aliphatic carbocycles. The van der Waals surface area contributed by atoms with E-state index >= 15 is 0 Å². The number of ether oxygens (including phenoxy) is 1. The standard InChI is InChI=1S/C14H12BrF2NO/c1-18-8-9-6-12(16)14(13(17)7-9)19-11-4-2-10(15)3-5-11/h2-7,18H,8H2,1H3. The maximum Gasteiger partial charge on any atom is 0.198 e. The molecule has 2 nitrogen and oxygen atoms in total. The summed E-state index contributed by atoms with van der Waals surface area (Å²) in [5.74, 6) is -1.44. The van der Waals surface area contributed by atoms with Gasteiger partial charge in [0.1, 0.15) is 5.75 Å². The van der Waals surface area contributed by atoms with Crippen molar-refractivity contribution in [2.75, 3.05) is 7.05 Å². The van der Waals surface area contributed by atoms with Crippen LogP contribution in [0.2, 0.25) is 0 Å². The predicted octanol–water partition coefficient (Wildman–Crippen LogP) is 4.24. The van der Waals surface area contributed by atoms with Crippen LogP contribution in [0.25, 0.3) is 0 Å². The largest absolute Gasteiger partial charge is 0.451 e. The summed E-state index contributed by atoms with van der Waals surface area (Å²) >= 11 is 3.28. The van der Waals surface area contributed by atoms with Crippen LogP contribution in [0.1, 0.15) is 5.56 Å². The summed E-state index contributed by atoms with van der Waals surface area (Å²) in [6.07, 6.45) is 0. The van der Waals surface area contributed by atoms with Crippen molar-refractivity contribution in [2.24, 2.45) is 0 Å². The number of halogens is 3. The van der Waals surface area contributed by atoms with Crippen molar-refractivity contribution in [3.63, 3.8) is 0 Å². The van der Waals surface area contributed by atoms with Gasteiger partial charge in [0.25, 0.3) is 0 Å². The molecular formula is C14H12BrF2NO. The van der Waals surface area contributed by atoms with Gasteiger partial charge in [0.15, 0.2) is 17.4 Å². The van der Waals surface area contributed by atoms with Crippen LogP contribution in [0, 0.1) is 11.6 Å². The number of nitrogens with one attached hydrogen (secondary N) is 1. The molecule has 0 radical (unpaired) electrons. The minimum Gasteiger partial charge on any atom is -0.451 e. The molecule has 2 rings (SSSR count). The van der Waals surface area contributed by atoms with E-state index in [1.807, 2.05) is 0 Å². The van der Waals surface area contributed by atoms with Crippen LogP contribution in [-0.4, -0.2) is 7.05 Å². The SMILES string of the molecule is CNCc1cc(F)c(Oc2ccc(Br)cc2)c(F)c1. The maximum absolute atomic E-state index is 13.8. The third-order valence-corrected chi connectivity index (χ3v) is 3.00. The fourth-order valence-electron chi connectivity index (χ4n) is 1.64. The molecule has 0 fully saturated rings. The van der Waals surface area contributed by atoms with Gasteiger partial charge in [-0.05, 0) is 49.0 Å². The monoisotopic (exact) mass is 327 g/mol. The Kier molecular flexibility index (Phi) is 4.50. The average Bonchev–Trinajstić information content (AvgIpc) is 2.36. The van der Waals surface area contributed by atoms with Crippen LogP contribution >= 0.6 is 15.9 Å². The van der Waals surface area contributed by atoms with E-state index in [1.54, 1.807) is 31.3 Å². The van der Waals surface area contributed by atoms with E-state index < -0.39 is 11.6 Å². The molecule has 0 bridgehead atoms. The number of rotatable bonds is 4. The third kappa shape index (κ3) is 3.52. The Balaban J connectivity index is 2.27. The lowest BCUT2D eigenvalue weighted by atomic mass is 10.2. The fourth-order valence-corrected chi connectivity index (χ4v) is 1.90. The minimum absolute atomic E-state index is 0.377. The van der Waals surface area contributed by atoms with Gasteiger partial charge in [0.2, 0.25) is 0 Å². The lowest BCUT2D eigenvalue weighted by Gasteiger charge is -2.10. The van der Waals surface area contributed by atoms with E-state index in [9.17, 15) is 8.78 Å². The Morgan fingerprint density at radius 3 is 2.21 bits per heavy atom. The summed E-state index contributed by atoms with van der Waals surface area (Å²) in [6.45, 7) is 0.395. The lowest BCUT2D eigenvalue weighted by Crippen LogP contribution is -2.06. The van der Waals surface area contributed by atoms with E-state index in [0.29, 0.717) is 17.9 Å². The zero-order valence-corrected chi connectivity index (χ0v) is 11.8. The minimum atomic E-state index is -0.715. The highest BCUT2D eigenvalue weighted by Crippen LogP contribution is 2.29. The van der Waals surface area contributed by atoms with Crippen LogP contribution in [0.5, 0.6) is 11.5 Å². The van der Waals surface area contributed by atoms with Crippen LogP contribution in [0.4, 0.5) is 8.78 Å². The van der Waals surface area contributed by atoms with Crippen molar-refractivity contribution in [2.45, 2.75) is 6.54 Å². The van der Waals surface area contributed by atoms with Gasteiger partial charge in [-0.3, -0.25) is 0 Å². The third-order valence-electron chi connectivity index (χ3n) is 2.47. The second kappa shape index (κ2) is 6.12. The molecule has 0 saturated heterocycles. The first-order chi connectivity index (χ1) is 9.10. The van der Waals surface area contributed by atoms with Crippen LogP contribution in [0.15, 0.2) is 40.9 Å². The van der Waals surface area contributed by atoms with Gasteiger partial charge in [-0.2, -0.15) is 0 Å². The average molecular weight is 328 g/mol. The molecule has 2 aromatic carbocycles. The van der Waals surface area contributed by atoms with Crippen LogP contribution in [0.3, 0.4) is 0 Å². The lowest BCUT2D eigenvalue weighted by molar-refractivity contribution is 0.406. The first kappa shape index (κ1) is 14.0. The molecule has 100 valence electrons. The van der Waals surface area contributed by atoms with Crippen molar-refractivity contribution < 1.29 is 13.5 Å². The van der Waals surface area contributed by atoms with Crippen molar-refractivity contribution in [3.8, 4) is 11.5 Å². The second-order valence-electron chi connectivity index (χ2n) is 3.97. The molecule has 1 N–H and O–H groups in total. The summed E-state index contributed by atoms with van der Waals surface area (Å²) in [7, 11) is 1.71. The van der Waals surface area contributed by atoms with Crippen LogP contribution < -0.4 is 10.1 Å². The van der Waals surface area contributed by atoms with E-state index in [-0.39, 0.29) is 5.75 Å². The molecule has 0 aliphatic rings. The van der Waals surface area contributed by atoms with Crippen molar-refractivity contribution in [3.05, 3.63) is 58.1 Å². The van der Waals surface area contributed by atoms with Gasteiger partial charge in [-0.1, -0.05) is 15.9 Å². The molecule has 0 unspecified atom stereocenters. The smallest absolute Gasteiger partial charge is 0.198 e. The molecule has 19 heavy (non-hydrogen) atoms. The Bertz CT molecular complexity index is 549. The van der Waals surface area contributed by atoms with Crippen molar-refractivity contribution in [1.82, 2.24) is 5.32 Å². The summed E-state index contributed by atoms with van der Waals surface area (Å²) in [4.78, 5) is 0. The molecular weight excluding hydrogens is 316 g/mol. The van der Waals surface area contributed by atoms with Gasteiger partial charge in [0.05, 0.1) is 0 Å². The molecule has 0 aliphatic heterocycles. The molecule has 0 heterocycles. The molecule has 0 saturated carbocycles. The Labute approximate surface area is 118 Å². The van der Waals surface area contributed by atoms with Gasteiger partial charge >= 0.3 is 0 Å². The number of hydrogen-bond donors (Lipinski definition) is 1. The highest BCUT2D eigenvalue weighted by Gasteiger charge is 2.13. The van der Waals surface area contributed by atoms with Gasteiger partial charge in [-0.25, -0.2) is 8.78 Å². The summed E-state index contributed by atoms with van der Waals surface area (Å²) in [5.41, 5.74) is 0.528. The predicted molar refractivity (Wildman–Crippen MR) is 73.3 cm³/mol. The zero-order chi connectivity index (χ0) is 13.8. The van der Waals surface area contributed by atoms with E-state index in [4.69, 9.17) is 4.74 Å². The number of hydrogen-bond acceptors (Lipinski definition) is 2. The maximum atomic E-state index is 13.8. The van der Waals surface area contributed by atoms with Crippen molar-refractivity contribution in [1.29, 1.82) is 0 Å².